The Balaban J connectivity index is 2.42. The number of rotatable bonds is 4. The number of nitrogens with zero attached hydrogens (tertiary/aromatic N) is 2. The Kier molecular flexibility index (Phi) is 5.27. The number of hydrogen-bond donors (Lipinski definition) is 0. The highest BCUT2D eigenvalue weighted by Crippen LogP contribution is 2.35. The molecule has 2 heterocycles. The molecule has 144 valence electrons. The van der Waals surface area contributed by atoms with E-state index in [0.29, 0.717) is 0 Å². The van der Waals surface area contributed by atoms with Crippen molar-refractivity contribution in [3.05, 3.63) is 41.2 Å². The third-order valence-electron chi connectivity index (χ3n) is 4.73. The van der Waals surface area contributed by atoms with Gasteiger partial charge in [-0.1, -0.05) is 44.9 Å². The number of carbonyl (C=O) groups is 1. The molecule has 0 N–H and O–H groups in total. The van der Waals surface area contributed by atoms with Crippen molar-refractivity contribution in [3.63, 3.8) is 0 Å². The summed E-state index contributed by atoms with van der Waals surface area (Å²) in [6.45, 7) is 12.1. The van der Waals surface area contributed by atoms with Crippen molar-refractivity contribution in [2.75, 3.05) is 0 Å². The van der Waals surface area contributed by atoms with Crippen molar-refractivity contribution >= 4 is 27.9 Å². The van der Waals surface area contributed by atoms with Gasteiger partial charge >= 0.3 is 6.09 Å². The molecule has 1 aromatic carbocycles. The summed E-state index contributed by atoms with van der Waals surface area (Å²) in [5, 5.41) is 2.26. The number of aryl methyl sites for hydroxylation is 3. The predicted octanol–water partition coefficient (Wildman–Crippen LogP) is 6.19. The number of carbonyl (C=O) groups excluding carboxylic acids is 1. The van der Waals surface area contributed by atoms with Crippen molar-refractivity contribution in [1.29, 1.82) is 0 Å². The normalized spacial score (nSPS) is 12.1. The zero-order chi connectivity index (χ0) is 19.8. The van der Waals surface area contributed by atoms with Crippen molar-refractivity contribution < 1.29 is 9.53 Å². The van der Waals surface area contributed by atoms with Gasteiger partial charge in [-0.15, -0.1) is 0 Å². The molecule has 2 aromatic heterocycles. The Morgan fingerprint density at radius 3 is 2.41 bits per heavy atom. The van der Waals surface area contributed by atoms with Gasteiger partial charge in [0.1, 0.15) is 5.60 Å². The van der Waals surface area contributed by atoms with Gasteiger partial charge in [0.2, 0.25) is 0 Å². The van der Waals surface area contributed by atoms with E-state index in [0.717, 1.165) is 58.9 Å². The van der Waals surface area contributed by atoms with E-state index in [4.69, 9.17) is 9.72 Å². The van der Waals surface area contributed by atoms with E-state index in [2.05, 4.69) is 19.9 Å². The average Bonchev–Trinajstić information content (AvgIpc) is 2.93. The number of aromatic nitrogens is 2. The third kappa shape index (κ3) is 3.58. The Bertz CT molecular complexity index is 993. The predicted molar refractivity (Wildman–Crippen MR) is 112 cm³/mol. The Labute approximate surface area is 161 Å². The van der Waals surface area contributed by atoms with Crippen LogP contribution in [0.5, 0.6) is 0 Å². The number of ether oxygens (including phenoxy) is 1. The van der Waals surface area contributed by atoms with E-state index in [1.165, 1.54) is 5.56 Å². The molecule has 0 fully saturated rings. The highest BCUT2D eigenvalue weighted by Gasteiger charge is 2.25. The minimum Gasteiger partial charge on any atom is -0.443 e. The van der Waals surface area contributed by atoms with Crippen LogP contribution in [0.25, 0.3) is 21.8 Å². The molecule has 0 aliphatic rings. The summed E-state index contributed by atoms with van der Waals surface area (Å²) in [6, 6.07) is 8.10. The van der Waals surface area contributed by atoms with E-state index in [1.54, 1.807) is 4.57 Å². The molecule has 0 saturated carbocycles. The monoisotopic (exact) mass is 366 g/mol. The van der Waals surface area contributed by atoms with Crippen molar-refractivity contribution in [2.24, 2.45) is 0 Å². The maximum absolute atomic E-state index is 13.1. The van der Waals surface area contributed by atoms with Crippen LogP contribution in [-0.2, 0) is 17.6 Å². The summed E-state index contributed by atoms with van der Waals surface area (Å²) in [4.78, 5) is 18.0. The van der Waals surface area contributed by atoms with Crippen LogP contribution in [0.4, 0.5) is 4.79 Å². The number of hydrogen-bond acceptors (Lipinski definition) is 3. The summed E-state index contributed by atoms with van der Waals surface area (Å²) in [7, 11) is 0. The lowest BCUT2D eigenvalue weighted by Crippen LogP contribution is -2.27. The molecule has 0 atom stereocenters. The summed E-state index contributed by atoms with van der Waals surface area (Å²) >= 11 is 0. The Morgan fingerprint density at radius 2 is 1.78 bits per heavy atom. The smallest absolute Gasteiger partial charge is 0.419 e. The topological polar surface area (TPSA) is 44.1 Å². The summed E-state index contributed by atoms with van der Waals surface area (Å²) in [5.41, 5.74) is 4.54. The molecule has 0 unspecified atom stereocenters. The van der Waals surface area contributed by atoms with Crippen LogP contribution in [-0.4, -0.2) is 21.2 Å². The fourth-order valence-corrected chi connectivity index (χ4v) is 3.82. The maximum atomic E-state index is 13.1. The lowest BCUT2D eigenvalue weighted by molar-refractivity contribution is 0.0551. The second-order valence-corrected chi connectivity index (χ2v) is 8.18. The van der Waals surface area contributed by atoms with Gasteiger partial charge in [-0.05, 0) is 52.2 Å². The molecule has 3 rings (SSSR count). The van der Waals surface area contributed by atoms with Crippen LogP contribution in [0.3, 0.4) is 0 Å². The molecule has 0 aliphatic heterocycles. The molecule has 0 aliphatic carbocycles. The first-order valence-electron chi connectivity index (χ1n) is 9.93. The minimum atomic E-state index is -0.551. The Morgan fingerprint density at radius 1 is 1.11 bits per heavy atom. The largest absolute Gasteiger partial charge is 0.443 e. The van der Waals surface area contributed by atoms with Crippen LogP contribution >= 0.6 is 0 Å². The lowest BCUT2D eigenvalue weighted by atomic mass is 9.98. The second-order valence-electron chi connectivity index (χ2n) is 8.18. The highest BCUT2D eigenvalue weighted by atomic mass is 16.6. The highest BCUT2D eigenvalue weighted by molar-refractivity contribution is 6.14. The summed E-state index contributed by atoms with van der Waals surface area (Å²) < 4.78 is 7.44. The van der Waals surface area contributed by atoms with Crippen molar-refractivity contribution in [1.82, 2.24) is 9.55 Å². The number of fused-ring (bicyclic) bond motifs is 3. The fraction of sp³-hybridized carbons (Fsp3) is 0.478. The third-order valence-corrected chi connectivity index (χ3v) is 4.73. The first-order valence-corrected chi connectivity index (χ1v) is 9.93. The zero-order valence-electron chi connectivity index (χ0n) is 17.3. The maximum Gasteiger partial charge on any atom is 0.419 e. The van der Waals surface area contributed by atoms with Crippen molar-refractivity contribution in [2.45, 2.75) is 72.8 Å². The molecule has 0 bridgehead atoms. The number of benzene rings is 1. The molecular weight excluding hydrogens is 336 g/mol. The quantitative estimate of drug-likeness (QED) is 0.553. The molecule has 3 aromatic rings. The fourth-order valence-electron chi connectivity index (χ4n) is 3.82. The van der Waals surface area contributed by atoms with E-state index in [1.807, 2.05) is 45.9 Å². The SMILES string of the molecule is CCCc1nc(C)c2c(c1CCC)c1ccccc1n2C(=O)OC(C)(C)C. The van der Waals surface area contributed by atoms with E-state index in [-0.39, 0.29) is 6.09 Å². The molecule has 0 saturated heterocycles. The molecule has 4 heteroatoms. The van der Waals surface area contributed by atoms with Crippen LogP contribution < -0.4 is 0 Å². The summed E-state index contributed by atoms with van der Waals surface area (Å²) in [6.07, 6.45) is 3.67. The van der Waals surface area contributed by atoms with Gasteiger partial charge in [-0.2, -0.15) is 0 Å². The van der Waals surface area contributed by atoms with E-state index >= 15 is 0 Å². The lowest BCUT2D eigenvalue weighted by Gasteiger charge is -2.20. The van der Waals surface area contributed by atoms with Gasteiger partial charge < -0.3 is 4.74 Å². The van der Waals surface area contributed by atoms with Crippen LogP contribution in [0.2, 0.25) is 0 Å². The molecule has 0 amide bonds. The van der Waals surface area contributed by atoms with Gasteiger partial charge in [0.25, 0.3) is 0 Å². The Hall–Kier alpha value is -2.36. The molecule has 27 heavy (non-hydrogen) atoms. The van der Waals surface area contributed by atoms with Gasteiger partial charge in [-0.25, -0.2) is 9.36 Å². The van der Waals surface area contributed by atoms with Crippen LogP contribution in [0.1, 0.15) is 64.4 Å². The van der Waals surface area contributed by atoms with Gasteiger partial charge in [0, 0.05) is 16.5 Å². The van der Waals surface area contributed by atoms with Crippen molar-refractivity contribution in [3.8, 4) is 0 Å². The molecule has 0 radical (unpaired) electrons. The van der Waals surface area contributed by atoms with E-state index < -0.39 is 5.60 Å². The van der Waals surface area contributed by atoms with Gasteiger partial charge in [0.05, 0.1) is 16.7 Å². The first-order chi connectivity index (χ1) is 12.8. The zero-order valence-corrected chi connectivity index (χ0v) is 17.3. The standard InChI is InChI=1S/C23H30N2O2/c1-7-11-16-18(12-8-2)24-15(3)21-20(16)17-13-9-10-14-19(17)25(21)22(26)27-23(4,5)6/h9-10,13-14H,7-8,11-12H2,1-6H3. The number of para-hydroxylation sites is 1. The van der Waals surface area contributed by atoms with Crippen LogP contribution in [0, 0.1) is 6.92 Å². The van der Waals surface area contributed by atoms with Gasteiger partial charge in [-0.3, -0.25) is 4.98 Å². The molecule has 4 nitrogen and oxygen atoms in total. The number of pyridine rings is 1. The van der Waals surface area contributed by atoms with E-state index in [9.17, 15) is 4.79 Å². The average molecular weight is 367 g/mol. The molecule has 0 spiro atoms. The van der Waals surface area contributed by atoms with Crippen LogP contribution in [0.15, 0.2) is 24.3 Å². The minimum absolute atomic E-state index is 0.343. The molecular formula is C23H30N2O2. The second kappa shape index (κ2) is 7.34. The summed E-state index contributed by atoms with van der Waals surface area (Å²) in [5.74, 6) is 0. The van der Waals surface area contributed by atoms with Gasteiger partial charge in [0.15, 0.2) is 0 Å². The first kappa shape index (κ1) is 19.4.